The topological polar surface area (TPSA) is 82.8 Å². The number of thiophene rings is 1. The molecule has 1 aliphatic rings. The number of hydrogen-bond acceptors (Lipinski definition) is 7. The molecule has 3 aromatic heterocycles. The van der Waals surface area contributed by atoms with Crippen molar-refractivity contribution in [2.45, 2.75) is 13.5 Å². The Morgan fingerprint density at radius 2 is 1.97 bits per heavy atom. The number of nitrogens with zero attached hydrogens (tertiary/aromatic N) is 5. The first-order valence-electron chi connectivity index (χ1n) is 10.3. The minimum Gasteiger partial charge on any atom is -0.322 e. The number of piperazine rings is 1. The molecule has 1 fully saturated rings. The van der Waals surface area contributed by atoms with Gasteiger partial charge >= 0.3 is 6.03 Å². The summed E-state index contributed by atoms with van der Waals surface area (Å²) in [5, 5.41) is 10.2. The number of carbonyl (C=O) groups excluding carboxylic acids is 1. The van der Waals surface area contributed by atoms with Crippen LogP contribution < -0.4 is 10.9 Å². The Labute approximate surface area is 192 Å². The van der Waals surface area contributed by atoms with Gasteiger partial charge in [-0.05, 0) is 36.1 Å². The van der Waals surface area contributed by atoms with Crippen LogP contribution in [0, 0.1) is 6.92 Å². The van der Waals surface area contributed by atoms with E-state index in [1.165, 1.54) is 15.9 Å². The molecule has 0 unspecified atom stereocenters. The molecular formula is C22H22N6O2S2. The summed E-state index contributed by atoms with van der Waals surface area (Å²) in [4.78, 5) is 35.5. The molecule has 1 aliphatic heterocycles. The highest BCUT2D eigenvalue weighted by Gasteiger charge is 2.22. The molecule has 0 saturated carbocycles. The first-order valence-corrected chi connectivity index (χ1v) is 12.0. The van der Waals surface area contributed by atoms with E-state index >= 15 is 0 Å². The van der Waals surface area contributed by atoms with Gasteiger partial charge in [0.15, 0.2) is 5.01 Å². The van der Waals surface area contributed by atoms with Gasteiger partial charge in [-0.1, -0.05) is 29.5 Å². The van der Waals surface area contributed by atoms with E-state index in [9.17, 15) is 9.59 Å². The molecule has 10 heteroatoms. The second kappa shape index (κ2) is 8.81. The zero-order valence-electron chi connectivity index (χ0n) is 17.5. The summed E-state index contributed by atoms with van der Waals surface area (Å²) in [6, 6.07) is 13.2. The molecule has 1 N–H and O–H groups in total. The van der Waals surface area contributed by atoms with E-state index in [4.69, 9.17) is 0 Å². The molecule has 4 aromatic rings. The van der Waals surface area contributed by atoms with Crippen molar-refractivity contribution in [2.75, 3.05) is 31.5 Å². The van der Waals surface area contributed by atoms with E-state index in [2.05, 4.69) is 20.3 Å². The van der Waals surface area contributed by atoms with E-state index in [0.717, 1.165) is 39.9 Å². The van der Waals surface area contributed by atoms with Crippen molar-refractivity contribution in [1.29, 1.82) is 0 Å². The summed E-state index contributed by atoms with van der Waals surface area (Å²) in [6.07, 6.45) is 0. The summed E-state index contributed by atoms with van der Waals surface area (Å²) in [7, 11) is 0. The van der Waals surface area contributed by atoms with E-state index in [-0.39, 0.29) is 11.6 Å². The van der Waals surface area contributed by atoms with Crippen LogP contribution in [0.15, 0.2) is 52.6 Å². The van der Waals surface area contributed by atoms with Gasteiger partial charge in [0.2, 0.25) is 4.96 Å². The Balaban J connectivity index is 1.22. The van der Waals surface area contributed by atoms with Gasteiger partial charge in [0.05, 0.1) is 10.6 Å². The second-order valence-electron chi connectivity index (χ2n) is 7.73. The number of aromatic nitrogens is 3. The second-order valence-corrected chi connectivity index (χ2v) is 9.63. The molecule has 0 spiro atoms. The smallest absolute Gasteiger partial charge is 0.321 e. The SMILES string of the molecule is Cc1cccc(NC(=O)N2CCN(Cc3cc(=O)n4nc(-c5cccs5)sc4n3)CC2)c1. The molecule has 4 heterocycles. The van der Waals surface area contributed by atoms with Crippen molar-refractivity contribution < 1.29 is 4.79 Å². The molecule has 0 bridgehead atoms. The van der Waals surface area contributed by atoms with Crippen LogP contribution in [-0.2, 0) is 6.54 Å². The van der Waals surface area contributed by atoms with Crippen molar-refractivity contribution in [3.8, 4) is 9.88 Å². The largest absolute Gasteiger partial charge is 0.322 e. The maximum atomic E-state index is 12.6. The fourth-order valence-electron chi connectivity index (χ4n) is 3.70. The van der Waals surface area contributed by atoms with Crippen LogP contribution in [0.3, 0.4) is 0 Å². The van der Waals surface area contributed by atoms with Crippen molar-refractivity contribution >= 4 is 39.4 Å². The molecular weight excluding hydrogens is 444 g/mol. The van der Waals surface area contributed by atoms with Crippen LogP contribution in [-0.4, -0.2) is 56.6 Å². The molecule has 0 aliphatic carbocycles. The number of carbonyl (C=O) groups is 1. The van der Waals surface area contributed by atoms with Gasteiger partial charge in [-0.3, -0.25) is 9.69 Å². The normalized spacial score (nSPS) is 14.7. The molecule has 1 saturated heterocycles. The predicted octanol–water partition coefficient (Wildman–Crippen LogP) is 3.54. The highest BCUT2D eigenvalue weighted by Crippen LogP contribution is 2.28. The number of rotatable bonds is 4. The maximum Gasteiger partial charge on any atom is 0.321 e. The standard InChI is InChI=1S/C22H22N6O2S2/c1-15-4-2-5-16(12-15)23-21(30)27-9-7-26(8-10-27)14-17-13-19(29)28-22(24-17)32-20(25-28)18-6-3-11-31-18/h2-6,11-13H,7-10,14H2,1H3,(H,23,30). The molecule has 0 atom stereocenters. The van der Waals surface area contributed by atoms with Crippen LogP contribution in [0.5, 0.6) is 0 Å². The van der Waals surface area contributed by atoms with E-state index in [0.29, 0.717) is 24.6 Å². The zero-order chi connectivity index (χ0) is 22.1. The molecule has 5 rings (SSSR count). The van der Waals surface area contributed by atoms with E-state index in [1.807, 2.05) is 53.6 Å². The lowest BCUT2D eigenvalue weighted by Gasteiger charge is -2.34. The van der Waals surface area contributed by atoms with Gasteiger partial charge in [0, 0.05) is 44.5 Å². The molecule has 8 nitrogen and oxygen atoms in total. The number of nitrogens with one attached hydrogen (secondary N) is 1. The summed E-state index contributed by atoms with van der Waals surface area (Å²) < 4.78 is 1.37. The molecule has 164 valence electrons. The Morgan fingerprint density at radius 3 is 2.72 bits per heavy atom. The molecule has 1 aromatic carbocycles. The monoisotopic (exact) mass is 466 g/mol. The first kappa shape index (κ1) is 20.8. The van der Waals surface area contributed by atoms with Crippen molar-refractivity contribution in [3.05, 3.63) is 69.5 Å². The Morgan fingerprint density at radius 1 is 1.12 bits per heavy atom. The Kier molecular flexibility index (Phi) is 5.73. The highest BCUT2D eigenvalue weighted by atomic mass is 32.1. The lowest BCUT2D eigenvalue weighted by atomic mass is 10.2. The minimum absolute atomic E-state index is 0.0844. The number of benzene rings is 1. The number of urea groups is 1. The number of amides is 2. The van der Waals surface area contributed by atoms with E-state index in [1.54, 1.807) is 17.4 Å². The fourth-order valence-corrected chi connectivity index (χ4v) is 5.42. The van der Waals surface area contributed by atoms with Crippen molar-refractivity contribution in [3.63, 3.8) is 0 Å². The Bertz CT molecular complexity index is 1310. The molecule has 2 amide bonds. The van der Waals surface area contributed by atoms with Gasteiger partial charge in [0.25, 0.3) is 5.56 Å². The van der Waals surface area contributed by atoms with Crippen molar-refractivity contribution in [2.24, 2.45) is 0 Å². The van der Waals surface area contributed by atoms with Gasteiger partial charge in [-0.2, -0.15) is 9.61 Å². The number of fused-ring (bicyclic) bond motifs is 1. The number of hydrogen-bond donors (Lipinski definition) is 1. The molecule has 0 radical (unpaired) electrons. The van der Waals surface area contributed by atoms with Gasteiger partial charge in [-0.15, -0.1) is 11.3 Å². The van der Waals surface area contributed by atoms with Crippen LogP contribution in [0.4, 0.5) is 10.5 Å². The Hall–Kier alpha value is -3.08. The minimum atomic E-state index is -0.166. The van der Waals surface area contributed by atoms with Crippen LogP contribution >= 0.6 is 22.7 Å². The summed E-state index contributed by atoms with van der Waals surface area (Å²) in [5.74, 6) is 0. The van der Waals surface area contributed by atoms with Gasteiger partial charge in [-0.25, -0.2) is 9.78 Å². The van der Waals surface area contributed by atoms with Crippen LogP contribution in [0.25, 0.3) is 14.8 Å². The average molecular weight is 467 g/mol. The van der Waals surface area contributed by atoms with Gasteiger partial charge in [0.1, 0.15) is 0 Å². The third-order valence-electron chi connectivity index (χ3n) is 5.34. The third kappa shape index (κ3) is 4.43. The van der Waals surface area contributed by atoms with E-state index < -0.39 is 0 Å². The highest BCUT2D eigenvalue weighted by molar-refractivity contribution is 7.23. The van der Waals surface area contributed by atoms with Gasteiger partial charge < -0.3 is 10.2 Å². The molecule has 32 heavy (non-hydrogen) atoms. The summed E-state index contributed by atoms with van der Waals surface area (Å²) in [6.45, 7) is 5.28. The number of aryl methyl sites for hydroxylation is 1. The van der Waals surface area contributed by atoms with Crippen LogP contribution in [0.2, 0.25) is 0 Å². The fraction of sp³-hybridized carbons (Fsp3) is 0.273. The van der Waals surface area contributed by atoms with Crippen LogP contribution in [0.1, 0.15) is 11.3 Å². The lowest BCUT2D eigenvalue weighted by molar-refractivity contribution is 0.142. The summed E-state index contributed by atoms with van der Waals surface area (Å²) in [5.41, 5.74) is 2.48. The quantitative estimate of drug-likeness (QED) is 0.498. The first-order chi connectivity index (χ1) is 15.5. The van der Waals surface area contributed by atoms with Crippen molar-refractivity contribution in [1.82, 2.24) is 24.4 Å². The average Bonchev–Trinajstić information content (AvgIpc) is 3.44. The maximum absolute atomic E-state index is 12.6. The lowest BCUT2D eigenvalue weighted by Crippen LogP contribution is -2.49. The predicted molar refractivity (Wildman–Crippen MR) is 127 cm³/mol. The summed E-state index contributed by atoms with van der Waals surface area (Å²) >= 11 is 3.02. The zero-order valence-corrected chi connectivity index (χ0v) is 19.2. The number of anilines is 1. The third-order valence-corrected chi connectivity index (χ3v) is 7.29.